The van der Waals surface area contributed by atoms with Crippen molar-refractivity contribution < 1.29 is 9.18 Å². The van der Waals surface area contributed by atoms with Crippen LogP contribution in [0.3, 0.4) is 0 Å². The average Bonchev–Trinajstić information content (AvgIpc) is 2.33. The van der Waals surface area contributed by atoms with Crippen LogP contribution in [0, 0.1) is 15.3 Å². The van der Waals surface area contributed by atoms with Gasteiger partial charge in [-0.3, -0.25) is 4.79 Å². The first-order valence-corrected chi connectivity index (χ1v) is 7.23. The number of hydrogen-bond acceptors (Lipinski definition) is 3. The zero-order valence-corrected chi connectivity index (χ0v) is 13.3. The Morgan fingerprint density at radius 3 is 2.79 bits per heavy atom. The summed E-state index contributed by atoms with van der Waals surface area (Å²) in [6.45, 7) is 5.16. The Kier molecular flexibility index (Phi) is 6.33. The van der Waals surface area contributed by atoms with E-state index in [1.54, 1.807) is 6.07 Å². The van der Waals surface area contributed by atoms with Crippen LogP contribution in [-0.4, -0.2) is 19.0 Å². The maximum atomic E-state index is 13.4. The van der Waals surface area contributed by atoms with Crippen LogP contribution < -0.4 is 16.4 Å². The van der Waals surface area contributed by atoms with E-state index in [1.165, 1.54) is 6.07 Å². The summed E-state index contributed by atoms with van der Waals surface area (Å²) in [4.78, 5) is 11.5. The molecule has 0 heterocycles. The maximum Gasteiger partial charge on any atom is 0.221 e. The van der Waals surface area contributed by atoms with Gasteiger partial charge in [-0.05, 0) is 34.6 Å². The molecule has 0 aromatic heterocycles. The van der Waals surface area contributed by atoms with Crippen LogP contribution in [0.25, 0.3) is 0 Å². The summed E-state index contributed by atoms with van der Waals surface area (Å²) in [5.41, 5.74) is 6.77. The summed E-state index contributed by atoms with van der Waals surface area (Å²) in [7, 11) is 0. The number of carbonyl (C=O) groups is 1. The number of nitrogens with two attached hydrogens (primary N) is 1. The molecule has 0 saturated carbocycles. The highest BCUT2D eigenvalue weighted by Gasteiger charge is 2.07. The molecule has 0 fully saturated rings. The third-order valence-corrected chi connectivity index (χ3v) is 3.29. The number of amides is 1. The van der Waals surface area contributed by atoms with Crippen LogP contribution in [0.15, 0.2) is 12.1 Å². The SMILES string of the molecule is CC(C)CNC(=O)CCNc1cc(F)c(I)cc1N. The smallest absolute Gasteiger partial charge is 0.221 e. The van der Waals surface area contributed by atoms with Gasteiger partial charge in [0.1, 0.15) is 5.82 Å². The largest absolute Gasteiger partial charge is 0.397 e. The Morgan fingerprint density at radius 2 is 2.16 bits per heavy atom. The third kappa shape index (κ3) is 5.63. The average molecular weight is 379 g/mol. The van der Waals surface area contributed by atoms with E-state index in [2.05, 4.69) is 10.6 Å². The van der Waals surface area contributed by atoms with Crippen LogP contribution in [-0.2, 0) is 4.79 Å². The highest BCUT2D eigenvalue weighted by molar-refractivity contribution is 14.1. The number of rotatable bonds is 6. The van der Waals surface area contributed by atoms with E-state index in [1.807, 2.05) is 36.4 Å². The standard InChI is InChI=1S/C13H19FIN3O/c1-8(2)7-18-13(19)3-4-17-12-5-9(14)10(15)6-11(12)16/h5-6,8,17H,3-4,7,16H2,1-2H3,(H,18,19). The lowest BCUT2D eigenvalue weighted by Gasteiger charge is -2.11. The first-order chi connectivity index (χ1) is 8.90. The predicted molar refractivity (Wildman–Crippen MR) is 84.5 cm³/mol. The molecule has 0 atom stereocenters. The minimum atomic E-state index is -0.318. The molecule has 0 aliphatic heterocycles. The minimum absolute atomic E-state index is 0.0224. The normalized spacial score (nSPS) is 10.6. The predicted octanol–water partition coefficient (Wildman–Crippen LogP) is 2.59. The zero-order chi connectivity index (χ0) is 14.4. The fourth-order valence-corrected chi connectivity index (χ4v) is 1.92. The number of nitrogens with one attached hydrogen (secondary N) is 2. The molecule has 0 unspecified atom stereocenters. The molecule has 0 radical (unpaired) electrons. The summed E-state index contributed by atoms with van der Waals surface area (Å²) in [5, 5.41) is 5.79. The molecule has 0 aliphatic rings. The van der Waals surface area contributed by atoms with Gasteiger partial charge in [0.05, 0.1) is 14.9 Å². The third-order valence-electron chi connectivity index (χ3n) is 2.47. The molecule has 1 amide bonds. The Hall–Kier alpha value is -1.05. The van der Waals surface area contributed by atoms with Crippen molar-refractivity contribution in [2.24, 2.45) is 5.92 Å². The quantitative estimate of drug-likeness (QED) is 0.526. The topological polar surface area (TPSA) is 67.2 Å². The molecule has 1 aromatic carbocycles. The number of halogens is 2. The van der Waals surface area contributed by atoms with Gasteiger partial charge in [-0.1, -0.05) is 13.8 Å². The molecule has 0 bridgehead atoms. The highest BCUT2D eigenvalue weighted by Crippen LogP contribution is 2.23. The van der Waals surface area contributed by atoms with Gasteiger partial charge in [0.25, 0.3) is 0 Å². The first-order valence-electron chi connectivity index (χ1n) is 6.15. The second kappa shape index (κ2) is 7.52. The lowest BCUT2D eigenvalue weighted by Crippen LogP contribution is -2.28. The molecule has 1 aromatic rings. The van der Waals surface area contributed by atoms with Crippen molar-refractivity contribution in [2.45, 2.75) is 20.3 Å². The molecular formula is C13H19FIN3O. The fourth-order valence-electron chi connectivity index (χ4n) is 1.43. The van der Waals surface area contributed by atoms with Crippen molar-refractivity contribution >= 4 is 39.9 Å². The van der Waals surface area contributed by atoms with Crippen molar-refractivity contribution in [1.29, 1.82) is 0 Å². The van der Waals surface area contributed by atoms with Crippen molar-refractivity contribution in [2.75, 3.05) is 24.1 Å². The number of carbonyl (C=O) groups excluding carboxylic acids is 1. The van der Waals surface area contributed by atoms with Gasteiger partial charge < -0.3 is 16.4 Å². The van der Waals surface area contributed by atoms with Crippen LogP contribution >= 0.6 is 22.6 Å². The second-order valence-corrected chi connectivity index (χ2v) is 5.89. The van der Waals surface area contributed by atoms with Crippen molar-refractivity contribution in [3.05, 3.63) is 21.5 Å². The summed E-state index contributed by atoms with van der Waals surface area (Å²) >= 11 is 1.89. The van der Waals surface area contributed by atoms with Crippen LogP contribution in [0.4, 0.5) is 15.8 Å². The lowest BCUT2D eigenvalue weighted by atomic mass is 10.2. The van der Waals surface area contributed by atoms with Crippen molar-refractivity contribution in [3.8, 4) is 0 Å². The zero-order valence-electron chi connectivity index (χ0n) is 11.1. The number of benzene rings is 1. The Morgan fingerprint density at radius 1 is 1.47 bits per heavy atom. The second-order valence-electron chi connectivity index (χ2n) is 4.73. The van der Waals surface area contributed by atoms with Gasteiger partial charge in [0, 0.05) is 25.6 Å². The molecule has 4 N–H and O–H groups in total. The van der Waals surface area contributed by atoms with E-state index in [4.69, 9.17) is 5.73 Å². The van der Waals surface area contributed by atoms with E-state index in [0.29, 0.717) is 40.4 Å². The number of anilines is 2. The molecule has 0 spiro atoms. The van der Waals surface area contributed by atoms with E-state index in [-0.39, 0.29) is 11.7 Å². The van der Waals surface area contributed by atoms with Crippen LogP contribution in [0.5, 0.6) is 0 Å². The Labute approximate surface area is 126 Å². The van der Waals surface area contributed by atoms with Crippen LogP contribution in [0.2, 0.25) is 0 Å². The van der Waals surface area contributed by atoms with Gasteiger partial charge in [0.15, 0.2) is 0 Å². The van der Waals surface area contributed by atoms with Gasteiger partial charge in [-0.25, -0.2) is 4.39 Å². The molecule has 6 heteroatoms. The summed E-state index contributed by atoms with van der Waals surface area (Å²) in [6, 6.07) is 2.92. The van der Waals surface area contributed by atoms with Crippen molar-refractivity contribution in [1.82, 2.24) is 5.32 Å². The molecule has 1 rings (SSSR count). The van der Waals surface area contributed by atoms with E-state index < -0.39 is 0 Å². The lowest BCUT2D eigenvalue weighted by molar-refractivity contribution is -0.120. The van der Waals surface area contributed by atoms with Crippen molar-refractivity contribution in [3.63, 3.8) is 0 Å². The molecule has 4 nitrogen and oxygen atoms in total. The van der Waals surface area contributed by atoms with Gasteiger partial charge >= 0.3 is 0 Å². The van der Waals surface area contributed by atoms with Gasteiger partial charge in [-0.2, -0.15) is 0 Å². The minimum Gasteiger partial charge on any atom is -0.397 e. The van der Waals surface area contributed by atoms with E-state index in [0.717, 1.165) is 0 Å². The molecule has 106 valence electrons. The molecule has 0 saturated heterocycles. The monoisotopic (exact) mass is 379 g/mol. The first kappa shape index (κ1) is 16.0. The Bertz CT molecular complexity index is 452. The van der Waals surface area contributed by atoms with E-state index in [9.17, 15) is 9.18 Å². The van der Waals surface area contributed by atoms with E-state index >= 15 is 0 Å². The van der Waals surface area contributed by atoms with Gasteiger partial charge in [-0.15, -0.1) is 0 Å². The summed E-state index contributed by atoms with van der Waals surface area (Å²) in [5.74, 6) is 0.0881. The molecular weight excluding hydrogens is 360 g/mol. The van der Waals surface area contributed by atoms with Gasteiger partial charge in [0.2, 0.25) is 5.91 Å². The molecule has 19 heavy (non-hydrogen) atoms. The Balaban J connectivity index is 2.41. The number of nitrogen functional groups attached to an aromatic ring is 1. The molecule has 0 aliphatic carbocycles. The highest BCUT2D eigenvalue weighted by atomic mass is 127. The fraction of sp³-hybridized carbons (Fsp3) is 0.462. The van der Waals surface area contributed by atoms with Crippen LogP contribution in [0.1, 0.15) is 20.3 Å². The summed E-state index contributed by atoms with van der Waals surface area (Å²) in [6.07, 6.45) is 0.333. The maximum absolute atomic E-state index is 13.4. The summed E-state index contributed by atoms with van der Waals surface area (Å²) < 4.78 is 13.9. The number of hydrogen-bond donors (Lipinski definition) is 3.